The van der Waals surface area contributed by atoms with Crippen LogP contribution in [0.15, 0.2) is 332 Å². The van der Waals surface area contributed by atoms with Gasteiger partial charge in [0.2, 0.25) is 0 Å². The van der Waals surface area contributed by atoms with Crippen molar-refractivity contribution in [2.75, 3.05) is 14.7 Å². The van der Waals surface area contributed by atoms with Gasteiger partial charge in [-0.2, -0.15) is 10.5 Å². The average molecular weight is 1300 g/mol. The second kappa shape index (κ2) is 28.4. The standard InChI is InChI=1S/C95H77N5O/c1-66-28-45-81(46-29-66)100(84-51-37-70(38-52-84)39-55-86-59-75(76(64-96)65-97)63-93(101-86)94(3,4)5)85-53-42-71(43-54-85)89-60-73(41-32-69-35-49-83(50-36-69)99(79-24-16-10-17-25-79)80-26-18-11-19-27-80)90(74-44-57-88-87-56-30-67(2)58-91(87)95(6,7)92(88)62-74)61-72(89)40-31-68-33-47-82(48-34-68)98(77-20-12-8-13-21-77)78-22-14-9-15-23-78/h8-63H,1-7H3/b40-31+,41-32+,55-39+. The van der Waals surface area contributed by atoms with E-state index in [0.717, 1.165) is 101 Å². The molecule has 2 aliphatic rings. The largest absolute Gasteiger partial charge is 0.461 e. The molecule has 0 amide bonds. The Morgan fingerprint density at radius 3 is 1.12 bits per heavy atom. The smallest absolute Gasteiger partial charge is 0.137 e. The van der Waals surface area contributed by atoms with Crippen LogP contribution in [-0.2, 0) is 10.2 Å². The molecule has 0 unspecified atom stereocenters. The summed E-state index contributed by atoms with van der Waals surface area (Å²) < 4.78 is 6.34. The molecule has 1 aliphatic heterocycles. The molecule has 101 heavy (non-hydrogen) atoms. The zero-order chi connectivity index (χ0) is 69.6. The molecule has 488 valence electrons. The third-order valence-electron chi connectivity index (χ3n) is 19.0. The molecule has 0 radical (unpaired) electrons. The highest BCUT2D eigenvalue weighted by Gasteiger charge is 2.36. The van der Waals surface area contributed by atoms with Crippen molar-refractivity contribution in [3.8, 4) is 45.5 Å². The normalized spacial score (nSPS) is 13.0. The zero-order valence-corrected chi connectivity index (χ0v) is 58.0. The van der Waals surface area contributed by atoms with Crippen LogP contribution in [0.1, 0.15) is 84.7 Å². The summed E-state index contributed by atoms with van der Waals surface area (Å²) in [6.45, 7) is 15.2. The number of fused-ring (bicyclic) bond motifs is 3. The van der Waals surface area contributed by atoms with Gasteiger partial charge in [0.05, 0.1) is 0 Å². The van der Waals surface area contributed by atoms with Crippen molar-refractivity contribution in [3.05, 3.63) is 382 Å². The number of nitrogens with zero attached hydrogens (tertiary/aromatic N) is 5. The number of benzene rings is 12. The van der Waals surface area contributed by atoms with Crippen LogP contribution in [-0.4, -0.2) is 0 Å². The van der Waals surface area contributed by atoms with Gasteiger partial charge in [0.15, 0.2) is 0 Å². The van der Waals surface area contributed by atoms with Gasteiger partial charge in [-0.25, -0.2) is 0 Å². The number of nitriles is 2. The summed E-state index contributed by atoms with van der Waals surface area (Å²) in [6.07, 6.45) is 16.5. The fourth-order valence-corrected chi connectivity index (χ4v) is 13.6. The molecule has 0 atom stereocenters. The molecule has 12 aromatic rings. The van der Waals surface area contributed by atoms with Gasteiger partial charge in [-0.05, 0) is 232 Å². The van der Waals surface area contributed by atoms with Gasteiger partial charge >= 0.3 is 0 Å². The van der Waals surface area contributed by atoms with E-state index in [9.17, 15) is 10.5 Å². The van der Waals surface area contributed by atoms with Crippen LogP contribution in [0.3, 0.4) is 0 Å². The lowest BCUT2D eigenvalue weighted by atomic mass is 9.80. The Bertz CT molecular complexity index is 5200. The van der Waals surface area contributed by atoms with E-state index >= 15 is 0 Å². The highest BCUT2D eigenvalue weighted by atomic mass is 16.5. The molecule has 1 heterocycles. The highest BCUT2D eigenvalue weighted by Crippen LogP contribution is 2.51. The average Bonchev–Trinajstić information content (AvgIpc) is 1.55. The minimum Gasteiger partial charge on any atom is -0.461 e. The maximum absolute atomic E-state index is 9.78. The summed E-state index contributed by atoms with van der Waals surface area (Å²) in [6, 6.07) is 109. The van der Waals surface area contributed by atoms with Crippen LogP contribution in [0.4, 0.5) is 51.2 Å². The summed E-state index contributed by atoms with van der Waals surface area (Å²) in [4.78, 5) is 6.89. The maximum Gasteiger partial charge on any atom is 0.137 e. The van der Waals surface area contributed by atoms with Crippen molar-refractivity contribution in [3.63, 3.8) is 0 Å². The Morgan fingerprint density at radius 2 is 0.703 bits per heavy atom. The quantitative estimate of drug-likeness (QED) is 0.0669. The lowest BCUT2D eigenvalue weighted by Gasteiger charge is -2.26. The number of anilines is 9. The predicted octanol–water partition coefficient (Wildman–Crippen LogP) is 25.9. The van der Waals surface area contributed by atoms with Crippen LogP contribution < -0.4 is 14.7 Å². The van der Waals surface area contributed by atoms with Crippen LogP contribution in [0, 0.1) is 41.9 Å². The first-order chi connectivity index (χ1) is 49.1. The van der Waals surface area contributed by atoms with Gasteiger partial charge in [-0.3, -0.25) is 0 Å². The molecule has 6 heteroatoms. The molecule has 0 aromatic heterocycles. The van der Waals surface area contributed by atoms with Crippen LogP contribution in [0.2, 0.25) is 0 Å². The molecule has 0 fully saturated rings. The molecule has 0 spiro atoms. The molecule has 6 nitrogen and oxygen atoms in total. The van der Waals surface area contributed by atoms with Crippen LogP contribution in [0.5, 0.6) is 0 Å². The molecule has 14 rings (SSSR count). The van der Waals surface area contributed by atoms with Crippen molar-refractivity contribution < 1.29 is 4.74 Å². The molecular formula is C95H77N5O. The number of hydrogen-bond acceptors (Lipinski definition) is 6. The molecule has 0 bridgehead atoms. The summed E-state index contributed by atoms with van der Waals surface area (Å²) in [5, 5.41) is 19.6. The molecule has 1 aliphatic carbocycles. The number of rotatable bonds is 17. The predicted molar refractivity (Wildman–Crippen MR) is 423 cm³/mol. The third-order valence-corrected chi connectivity index (χ3v) is 19.0. The van der Waals surface area contributed by atoms with Gasteiger partial charge in [-0.15, -0.1) is 0 Å². The van der Waals surface area contributed by atoms with E-state index in [1.165, 1.54) is 33.4 Å². The van der Waals surface area contributed by atoms with E-state index in [2.05, 4.69) is 358 Å². The van der Waals surface area contributed by atoms with Crippen molar-refractivity contribution in [1.29, 1.82) is 10.5 Å². The number of aryl methyl sites for hydroxylation is 2. The monoisotopic (exact) mass is 1300 g/mol. The SMILES string of the molecule is Cc1ccc(N(c2ccc(/C=C/C3=CC(=C(C#N)C#N)C=C(C(C)(C)C)O3)cc2)c2ccc(-c3cc(/C=C/c4ccc(N(c5ccccc5)c5ccccc5)cc4)c(-c4ccc5c(c4)C(C)(C)c4cc(C)ccc4-5)cc3/C=C/c3ccc(N(c4ccccc4)c4ccccc4)cc3)cc2)cc1. The zero-order valence-electron chi connectivity index (χ0n) is 58.0. The van der Waals surface area contributed by atoms with Gasteiger partial charge in [0.1, 0.15) is 29.2 Å². The van der Waals surface area contributed by atoms with Crippen molar-refractivity contribution in [2.45, 2.75) is 53.9 Å². The first kappa shape index (κ1) is 65.5. The van der Waals surface area contributed by atoms with Gasteiger partial charge < -0.3 is 19.4 Å². The fourth-order valence-electron chi connectivity index (χ4n) is 13.6. The van der Waals surface area contributed by atoms with E-state index in [4.69, 9.17) is 4.74 Å². The lowest BCUT2D eigenvalue weighted by molar-refractivity contribution is 0.223. The molecule has 12 aromatic carbocycles. The Balaban J connectivity index is 0.877. The van der Waals surface area contributed by atoms with E-state index < -0.39 is 0 Å². The summed E-state index contributed by atoms with van der Waals surface area (Å²) >= 11 is 0. The fraction of sp³-hybridized carbons (Fsp3) is 0.0947. The summed E-state index contributed by atoms with van der Waals surface area (Å²) in [5.41, 5.74) is 27.0. The minimum atomic E-state index is -0.346. The Morgan fingerprint density at radius 1 is 0.356 bits per heavy atom. The second-order valence-corrected chi connectivity index (χ2v) is 27.4. The summed E-state index contributed by atoms with van der Waals surface area (Å²) in [5.74, 6) is 1.23. The molecule has 0 saturated heterocycles. The number of para-hydroxylation sites is 4. The van der Waals surface area contributed by atoms with E-state index in [1.807, 2.05) is 45.1 Å². The number of ether oxygens (including phenoxy) is 1. The van der Waals surface area contributed by atoms with Crippen LogP contribution >= 0.6 is 0 Å². The lowest BCUT2D eigenvalue weighted by Crippen LogP contribution is -2.15. The minimum absolute atomic E-state index is 0.0424. The first-order valence-electron chi connectivity index (χ1n) is 34.4. The van der Waals surface area contributed by atoms with Crippen molar-refractivity contribution in [1.82, 2.24) is 0 Å². The Kier molecular flexibility index (Phi) is 18.4. The van der Waals surface area contributed by atoms with Crippen LogP contribution in [0.25, 0.3) is 63.8 Å². The highest BCUT2D eigenvalue weighted by molar-refractivity contribution is 5.93. The van der Waals surface area contributed by atoms with Gasteiger partial charge in [0, 0.05) is 67.6 Å². The van der Waals surface area contributed by atoms with Gasteiger partial charge in [0.25, 0.3) is 0 Å². The number of hydrogen-bond donors (Lipinski definition) is 0. The maximum atomic E-state index is 9.78. The topological polar surface area (TPSA) is 66.5 Å². The summed E-state index contributed by atoms with van der Waals surface area (Å²) in [7, 11) is 0. The van der Waals surface area contributed by atoms with E-state index in [0.29, 0.717) is 17.1 Å². The van der Waals surface area contributed by atoms with Crippen molar-refractivity contribution >= 4 is 81.6 Å². The molecule has 0 N–H and O–H groups in total. The Hall–Kier alpha value is -12.7. The second-order valence-electron chi connectivity index (χ2n) is 27.4. The number of allylic oxidation sites excluding steroid dienone is 6. The molecular weight excluding hydrogens is 1230 g/mol. The Labute approximate surface area is 594 Å². The third kappa shape index (κ3) is 14.1. The van der Waals surface area contributed by atoms with E-state index in [1.54, 1.807) is 12.2 Å². The first-order valence-corrected chi connectivity index (χ1v) is 34.4. The molecule has 0 saturated carbocycles. The van der Waals surface area contributed by atoms with E-state index in [-0.39, 0.29) is 16.4 Å². The van der Waals surface area contributed by atoms with Gasteiger partial charge in [-0.1, -0.05) is 240 Å². The van der Waals surface area contributed by atoms with Crippen molar-refractivity contribution in [2.24, 2.45) is 5.41 Å².